The average molecular weight is 261 g/mol. The Balaban J connectivity index is 2.28. The van der Waals surface area contributed by atoms with Crippen molar-refractivity contribution >= 4 is 34.7 Å². The minimum absolute atomic E-state index is 0.0791. The van der Waals surface area contributed by atoms with E-state index in [0.717, 1.165) is 23.6 Å². The molecule has 1 aromatic rings. The summed E-state index contributed by atoms with van der Waals surface area (Å²) in [6.07, 6.45) is 1.12. The molecule has 2 N–H and O–H groups in total. The van der Waals surface area contributed by atoms with Crippen LogP contribution < -0.4 is 10.6 Å². The lowest BCUT2D eigenvalue weighted by atomic mass is 10.2. The monoisotopic (exact) mass is 260 g/mol. The molecule has 0 radical (unpaired) electrons. The highest BCUT2D eigenvalue weighted by Crippen LogP contribution is 2.32. The number of benzene rings is 1. The van der Waals surface area contributed by atoms with E-state index in [9.17, 15) is 4.39 Å². The Hall–Kier alpha value is -0.610. The van der Waals surface area contributed by atoms with Gasteiger partial charge in [0.15, 0.2) is 0 Å². The zero-order valence-corrected chi connectivity index (χ0v) is 10.6. The van der Waals surface area contributed by atoms with Crippen molar-refractivity contribution in [1.29, 1.82) is 0 Å². The molecule has 0 spiro atoms. The van der Waals surface area contributed by atoms with Crippen molar-refractivity contribution in [3.63, 3.8) is 0 Å². The van der Waals surface area contributed by atoms with E-state index in [1.54, 1.807) is 0 Å². The molecule has 0 amide bonds. The third-order valence-electron chi connectivity index (χ3n) is 2.90. The molecular weight excluding hydrogens is 247 g/mol. The number of nitrogens with zero attached hydrogens (tertiary/aromatic N) is 1. The Labute approximate surface area is 104 Å². The summed E-state index contributed by atoms with van der Waals surface area (Å²) in [7, 11) is 1.95. The molecule has 1 atom stereocenters. The number of hydrogen-bond acceptors (Lipinski definition) is 3. The Morgan fingerprint density at radius 1 is 1.56 bits per heavy atom. The van der Waals surface area contributed by atoms with Crippen LogP contribution in [0.15, 0.2) is 12.1 Å². The van der Waals surface area contributed by atoms with Crippen LogP contribution in [-0.4, -0.2) is 24.6 Å². The van der Waals surface area contributed by atoms with Crippen LogP contribution in [0.25, 0.3) is 0 Å². The van der Waals surface area contributed by atoms with Gasteiger partial charge in [-0.1, -0.05) is 11.6 Å². The first-order valence-electron chi connectivity index (χ1n) is 5.14. The molecule has 0 aromatic heterocycles. The van der Waals surface area contributed by atoms with Crippen LogP contribution in [0.1, 0.15) is 6.42 Å². The molecule has 1 heterocycles. The Bertz CT molecular complexity index is 394. The lowest BCUT2D eigenvalue weighted by molar-refractivity contribution is 0.625. The summed E-state index contributed by atoms with van der Waals surface area (Å²) in [5.74, 6) is 1.81. The minimum Gasteiger partial charge on any atom is -0.397 e. The van der Waals surface area contributed by atoms with Gasteiger partial charge in [-0.3, -0.25) is 0 Å². The van der Waals surface area contributed by atoms with Crippen molar-refractivity contribution in [3.8, 4) is 0 Å². The van der Waals surface area contributed by atoms with Crippen molar-refractivity contribution in [2.24, 2.45) is 0 Å². The van der Waals surface area contributed by atoms with E-state index >= 15 is 0 Å². The third-order valence-corrected chi connectivity index (χ3v) is 4.34. The molecule has 16 heavy (non-hydrogen) atoms. The number of halogens is 2. The molecule has 5 heteroatoms. The average Bonchev–Trinajstić information content (AvgIpc) is 2.75. The maximum absolute atomic E-state index is 13.4. The summed E-state index contributed by atoms with van der Waals surface area (Å²) in [6.45, 7) is 0. The second kappa shape index (κ2) is 4.72. The van der Waals surface area contributed by atoms with Crippen molar-refractivity contribution in [3.05, 3.63) is 23.0 Å². The number of thioether (sulfide) groups is 1. The highest BCUT2D eigenvalue weighted by molar-refractivity contribution is 7.99. The first-order valence-corrected chi connectivity index (χ1v) is 6.68. The summed E-state index contributed by atoms with van der Waals surface area (Å²) in [6, 6.07) is 3.33. The molecule has 0 aliphatic carbocycles. The molecule has 1 aliphatic heterocycles. The number of anilines is 2. The fourth-order valence-corrected chi connectivity index (χ4v) is 3.32. The first-order chi connectivity index (χ1) is 7.59. The summed E-state index contributed by atoms with van der Waals surface area (Å²) < 4.78 is 13.4. The molecule has 1 saturated heterocycles. The van der Waals surface area contributed by atoms with Gasteiger partial charge < -0.3 is 10.6 Å². The zero-order valence-electron chi connectivity index (χ0n) is 9.04. The SMILES string of the molecule is CN(c1cc(F)c(Cl)cc1N)C1CCSC1. The molecule has 1 aliphatic rings. The lowest BCUT2D eigenvalue weighted by Crippen LogP contribution is -2.31. The summed E-state index contributed by atoms with van der Waals surface area (Å²) in [5, 5.41) is 0.0791. The summed E-state index contributed by atoms with van der Waals surface area (Å²) in [4.78, 5) is 2.05. The molecule has 0 bridgehead atoms. The fraction of sp³-hybridized carbons (Fsp3) is 0.455. The van der Waals surface area contributed by atoms with Gasteiger partial charge in [0.1, 0.15) is 5.82 Å². The quantitative estimate of drug-likeness (QED) is 0.829. The molecule has 1 unspecified atom stereocenters. The molecule has 1 fully saturated rings. The zero-order chi connectivity index (χ0) is 11.7. The molecule has 1 aromatic carbocycles. The van der Waals surface area contributed by atoms with Gasteiger partial charge in [0.25, 0.3) is 0 Å². The maximum Gasteiger partial charge on any atom is 0.144 e. The van der Waals surface area contributed by atoms with Crippen LogP contribution in [-0.2, 0) is 0 Å². The highest BCUT2D eigenvalue weighted by atomic mass is 35.5. The molecular formula is C11H14ClFN2S. The smallest absolute Gasteiger partial charge is 0.144 e. The van der Waals surface area contributed by atoms with E-state index in [0.29, 0.717) is 11.7 Å². The summed E-state index contributed by atoms with van der Waals surface area (Å²) in [5.41, 5.74) is 7.12. The minimum atomic E-state index is -0.414. The predicted molar refractivity (Wildman–Crippen MR) is 70.0 cm³/mol. The van der Waals surface area contributed by atoms with Gasteiger partial charge in [0.2, 0.25) is 0 Å². The number of nitrogen functional groups attached to an aromatic ring is 1. The van der Waals surface area contributed by atoms with Gasteiger partial charge in [0, 0.05) is 24.9 Å². The van der Waals surface area contributed by atoms with Crippen LogP contribution in [0, 0.1) is 5.82 Å². The van der Waals surface area contributed by atoms with Gasteiger partial charge in [-0.05, 0) is 18.2 Å². The van der Waals surface area contributed by atoms with Crippen LogP contribution in [0.3, 0.4) is 0 Å². The van der Waals surface area contributed by atoms with Crippen molar-refractivity contribution in [1.82, 2.24) is 0 Å². The van der Waals surface area contributed by atoms with Crippen LogP contribution in [0.5, 0.6) is 0 Å². The largest absolute Gasteiger partial charge is 0.397 e. The number of nitrogens with two attached hydrogens (primary N) is 1. The molecule has 2 rings (SSSR count). The molecule has 2 nitrogen and oxygen atoms in total. The van der Waals surface area contributed by atoms with E-state index in [4.69, 9.17) is 17.3 Å². The second-order valence-electron chi connectivity index (χ2n) is 3.95. The van der Waals surface area contributed by atoms with Crippen LogP contribution in [0.4, 0.5) is 15.8 Å². The molecule has 0 saturated carbocycles. The second-order valence-corrected chi connectivity index (χ2v) is 5.51. The van der Waals surface area contributed by atoms with Crippen LogP contribution >= 0.6 is 23.4 Å². The standard InChI is InChI=1S/C11H14ClFN2S/c1-15(7-2-3-16-6-7)11-5-9(13)8(12)4-10(11)14/h4-5,7H,2-3,6,14H2,1H3. The van der Waals surface area contributed by atoms with E-state index < -0.39 is 5.82 Å². The third kappa shape index (κ3) is 2.23. The highest BCUT2D eigenvalue weighted by Gasteiger charge is 2.22. The molecule has 88 valence electrons. The Kier molecular flexibility index (Phi) is 3.50. The van der Waals surface area contributed by atoms with E-state index in [-0.39, 0.29) is 5.02 Å². The van der Waals surface area contributed by atoms with Gasteiger partial charge in [-0.25, -0.2) is 4.39 Å². The number of hydrogen-bond donors (Lipinski definition) is 1. The van der Waals surface area contributed by atoms with Crippen LogP contribution in [0.2, 0.25) is 5.02 Å². The van der Waals surface area contributed by atoms with Gasteiger partial charge >= 0.3 is 0 Å². The normalized spacial score (nSPS) is 20.1. The van der Waals surface area contributed by atoms with Gasteiger partial charge in [-0.15, -0.1) is 0 Å². The Morgan fingerprint density at radius 3 is 2.94 bits per heavy atom. The van der Waals surface area contributed by atoms with Crippen molar-refractivity contribution in [2.45, 2.75) is 12.5 Å². The topological polar surface area (TPSA) is 29.3 Å². The van der Waals surface area contributed by atoms with Gasteiger partial charge in [-0.2, -0.15) is 11.8 Å². The maximum atomic E-state index is 13.4. The van der Waals surface area contributed by atoms with E-state index in [1.807, 2.05) is 18.8 Å². The van der Waals surface area contributed by atoms with Gasteiger partial charge in [0.05, 0.1) is 16.4 Å². The van der Waals surface area contributed by atoms with E-state index in [1.165, 1.54) is 12.1 Å². The Morgan fingerprint density at radius 2 is 2.31 bits per heavy atom. The number of rotatable bonds is 2. The lowest BCUT2D eigenvalue weighted by Gasteiger charge is -2.27. The summed E-state index contributed by atoms with van der Waals surface area (Å²) >= 11 is 7.59. The first kappa shape index (κ1) is 11.9. The van der Waals surface area contributed by atoms with Crippen molar-refractivity contribution in [2.75, 3.05) is 29.2 Å². The van der Waals surface area contributed by atoms with Crippen molar-refractivity contribution < 1.29 is 4.39 Å². The van der Waals surface area contributed by atoms with E-state index in [2.05, 4.69) is 4.90 Å². The fourth-order valence-electron chi connectivity index (χ4n) is 1.88. The predicted octanol–water partition coefficient (Wildman–Crippen LogP) is 3.00.